The van der Waals surface area contributed by atoms with Crippen molar-refractivity contribution in [3.63, 3.8) is 0 Å². The van der Waals surface area contributed by atoms with Crippen LogP contribution in [0.5, 0.6) is 0 Å². The van der Waals surface area contributed by atoms with Crippen LogP contribution in [0.15, 0.2) is 46.4 Å². The number of hydrogen-bond acceptors (Lipinski definition) is 4. The minimum absolute atomic E-state index is 0.0218. The highest BCUT2D eigenvalue weighted by atomic mass is 127. The second-order valence-electron chi connectivity index (χ2n) is 4.58. The monoisotopic (exact) mass is 458 g/mol. The van der Waals surface area contributed by atoms with Crippen LogP contribution in [0.25, 0.3) is 6.08 Å². The standard InChI is InChI=1S/C15H8ClIN2O3S/c16-8-1-3-9(4-2-8)19-14(21)11(13(20)18-15(19)23)7-10-5-6-12(17)22-10/h1-7H,(H,18,20,23). The molecule has 1 aromatic carbocycles. The highest BCUT2D eigenvalue weighted by Gasteiger charge is 2.34. The quantitative estimate of drug-likeness (QED) is 0.324. The molecule has 1 aromatic heterocycles. The summed E-state index contributed by atoms with van der Waals surface area (Å²) in [6.45, 7) is 0. The molecule has 0 unspecified atom stereocenters. The van der Waals surface area contributed by atoms with Crippen LogP contribution in [0, 0.1) is 3.77 Å². The van der Waals surface area contributed by atoms with Gasteiger partial charge in [0.25, 0.3) is 11.8 Å². The smallest absolute Gasteiger partial charge is 0.270 e. The zero-order valence-corrected chi connectivity index (χ0v) is 15.1. The molecule has 2 aromatic rings. The maximum Gasteiger partial charge on any atom is 0.270 e. The van der Waals surface area contributed by atoms with E-state index < -0.39 is 11.8 Å². The van der Waals surface area contributed by atoms with Gasteiger partial charge in [-0.2, -0.15) is 0 Å². The Balaban J connectivity index is 2.00. The third-order valence-electron chi connectivity index (χ3n) is 3.07. The molecule has 2 amide bonds. The molecular weight excluding hydrogens is 451 g/mol. The van der Waals surface area contributed by atoms with Crippen LogP contribution < -0.4 is 10.2 Å². The number of carbonyl (C=O) groups is 2. The Morgan fingerprint density at radius 3 is 2.48 bits per heavy atom. The van der Waals surface area contributed by atoms with Gasteiger partial charge < -0.3 is 4.42 Å². The van der Waals surface area contributed by atoms with Gasteiger partial charge in [-0.1, -0.05) is 11.6 Å². The van der Waals surface area contributed by atoms with E-state index in [1.54, 1.807) is 36.4 Å². The number of nitrogens with one attached hydrogen (secondary N) is 1. The minimum Gasteiger partial charge on any atom is -0.451 e. The van der Waals surface area contributed by atoms with E-state index in [-0.39, 0.29) is 10.7 Å². The van der Waals surface area contributed by atoms with Crippen LogP contribution in [-0.2, 0) is 9.59 Å². The summed E-state index contributed by atoms with van der Waals surface area (Å²) in [5, 5.41) is 3.06. The molecule has 0 saturated carbocycles. The predicted octanol–water partition coefficient (Wildman–Crippen LogP) is 3.37. The Kier molecular flexibility index (Phi) is 4.51. The SMILES string of the molecule is O=C1NC(=S)N(c2ccc(Cl)cc2)C(=O)C1=Cc1ccc(I)o1. The molecule has 2 heterocycles. The van der Waals surface area contributed by atoms with E-state index in [1.165, 1.54) is 11.0 Å². The molecule has 23 heavy (non-hydrogen) atoms. The molecule has 1 fully saturated rings. The van der Waals surface area contributed by atoms with Crippen LogP contribution in [0.4, 0.5) is 5.69 Å². The van der Waals surface area contributed by atoms with Gasteiger partial charge in [-0.25, -0.2) is 0 Å². The number of carbonyl (C=O) groups excluding carboxylic acids is 2. The lowest BCUT2D eigenvalue weighted by molar-refractivity contribution is -0.122. The summed E-state index contributed by atoms with van der Waals surface area (Å²) in [6.07, 6.45) is 1.39. The molecule has 1 aliphatic rings. The molecule has 5 nitrogen and oxygen atoms in total. The third kappa shape index (κ3) is 3.31. The second-order valence-corrected chi connectivity index (χ2v) is 6.46. The zero-order valence-electron chi connectivity index (χ0n) is 11.4. The van der Waals surface area contributed by atoms with Gasteiger partial charge in [0.15, 0.2) is 8.88 Å². The molecule has 0 radical (unpaired) electrons. The molecule has 1 saturated heterocycles. The lowest BCUT2D eigenvalue weighted by Gasteiger charge is -2.28. The van der Waals surface area contributed by atoms with E-state index in [1.807, 2.05) is 22.6 Å². The van der Waals surface area contributed by atoms with Crippen molar-refractivity contribution in [2.24, 2.45) is 0 Å². The van der Waals surface area contributed by atoms with Crippen LogP contribution in [0.1, 0.15) is 5.76 Å². The first-order valence-corrected chi connectivity index (χ1v) is 8.24. The van der Waals surface area contributed by atoms with Crippen molar-refractivity contribution in [1.29, 1.82) is 0 Å². The van der Waals surface area contributed by atoms with E-state index in [4.69, 9.17) is 28.2 Å². The molecular formula is C15H8ClIN2O3S. The van der Waals surface area contributed by atoms with Crippen LogP contribution in [-0.4, -0.2) is 16.9 Å². The molecule has 1 N–H and O–H groups in total. The third-order valence-corrected chi connectivity index (χ3v) is 4.18. The molecule has 0 atom stereocenters. The molecule has 3 rings (SSSR count). The first-order chi connectivity index (χ1) is 11.0. The average Bonchev–Trinajstić information content (AvgIpc) is 2.91. The average molecular weight is 459 g/mol. The Morgan fingerprint density at radius 2 is 1.87 bits per heavy atom. The van der Waals surface area contributed by atoms with Crippen molar-refractivity contribution < 1.29 is 14.0 Å². The normalized spacial score (nSPS) is 16.9. The van der Waals surface area contributed by atoms with E-state index in [0.717, 1.165) is 0 Å². The van der Waals surface area contributed by atoms with Gasteiger partial charge in [-0.3, -0.25) is 19.8 Å². The van der Waals surface area contributed by atoms with Crippen molar-refractivity contribution in [2.75, 3.05) is 4.90 Å². The number of hydrogen-bond donors (Lipinski definition) is 1. The lowest BCUT2D eigenvalue weighted by Crippen LogP contribution is -2.54. The Hall–Kier alpha value is -1.71. The molecule has 0 bridgehead atoms. The highest BCUT2D eigenvalue weighted by molar-refractivity contribution is 14.1. The Labute approximate surface area is 155 Å². The second kappa shape index (κ2) is 6.42. The summed E-state index contributed by atoms with van der Waals surface area (Å²) in [5.41, 5.74) is 0.462. The van der Waals surface area contributed by atoms with Gasteiger partial charge in [-0.05, 0) is 77.3 Å². The first kappa shape index (κ1) is 16.2. The summed E-state index contributed by atoms with van der Waals surface area (Å²) in [7, 11) is 0. The number of amides is 2. The van der Waals surface area contributed by atoms with Crippen molar-refractivity contribution in [3.8, 4) is 0 Å². The minimum atomic E-state index is -0.559. The highest BCUT2D eigenvalue weighted by Crippen LogP contribution is 2.24. The van der Waals surface area contributed by atoms with Gasteiger partial charge in [-0.15, -0.1) is 0 Å². The Morgan fingerprint density at radius 1 is 1.17 bits per heavy atom. The summed E-state index contributed by atoms with van der Waals surface area (Å²) in [6, 6.07) is 9.99. The largest absolute Gasteiger partial charge is 0.451 e. The van der Waals surface area contributed by atoms with Gasteiger partial charge in [0.05, 0.1) is 5.69 Å². The summed E-state index contributed by atoms with van der Waals surface area (Å²) in [5.74, 6) is -0.666. The molecule has 8 heteroatoms. The number of anilines is 1. The fourth-order valence-electron chi connectivity index (χ4n) is 2.03. The summed E-state index contributed by atoms with van der Waals surface area (Å²) in [4.78, 5) is 26.0. The maximum absolute atomic E-state index is 12.7. The van der Waals surface area contributed by atoms with Crippen molar-refractivity contribution in [2.45, 2.75) is 0 Å². The predicted molar refractivity (Wildman–Crippen MR) is 99.1 cm³/mol. The van der Waals surface area contributed by atoms with Crippen molar-refractivity contribution in [1.82, 2.24) is 5.32 Å². The number of nitrogens with zero attached hydrogens (tertiary/aromatic N) is 1. The first-order valence-electron chi connectivity index (χ1n) is 6.38. The van der Waals surface area contributed by atoms with Gasteiger partial charge in [0.1, 0.15) is 11.3 Å². The molecule has 1 aliphatic heterocycles. The van der Waals surface area contributed by atoms with Crippen LogP contribution in [0.3, 0.4) is 0 Å². The van der Waals surface area contributed by atoms with Crippen LogP contribution in [0.2, 0.25) is 5.02 Å². The molecule has 116 valence electrons. The van der Waals surface area contributed by atoms with E-state index >= 15 is 0 Å². The van der Waals surface area contributed by atoms with Gasteiger partial charge >= 0.3 is 0 Å². The number of furan rings is 1. The van der Waals surface area contributed by atoms with Crippen molar-refractivity contribution >= 4 is 75.1 Å². The van der Waals surface area contributed by atoms with E-state index in [9.17, 15) is 9.59 Å². The van der Waals surface area contributed by atoms with Crippen molar-refractivity contribution in [3.05, 3.63) is 56.5 Å². The Bertz CT molecular complexity index is 845. The van der Waals surface area contributed by atoms with Gasteiger partial charge in [0.2, 0.25) is 0 Å². The maximum atomic E-state index is 12.7. The molecule has 0 spiro atoms. The lowest BCUT2D eigenvalue weighted by atomic mass is 10.1. The van der Waals surface area contributed by atoms with E-state index in [2.05, 4.69) is 5.32 Å². The van der Waals surface area contributed by atoms with Gasteiger partial charge in [0, 0.05) is 5.02 Å². The number of thiocarbonyl (C=S) groups is 1. The molecule has 0 aliphatic carbocycles. The number of benzene rings is 1. The zero-order chi connectivity index (χ0) is 16.6. The summed E-state index contributed by atoms with van der Waals surface area (Å²) < 4.78 is 6.03. The topological polar surface area (TPSA) is 62.6 Å². The summed E-state index contributed by atoms with van der Waals surface area (Å²) >= 11 is 13.0. The number of rotatable bonds is 2. The van der Waals surface area contributed by atoms with E-state index in [0.29, 0.717) is 20.2 Å². The number of halogens is 2. The fourth-order valence-corrected chi connectivity index (χ4v) is 2.87. The fraction of sp³-hybridized carbons (Fsp3) is 0. The van der Waals surface area contributed by atoms with Crippen LogP contribution >= 0.6 is 46.4 Å².